The minimum atomic E-state index is -1.19. The second-order valence-electron chi connectivity index (χ2n) is 0.873. The number of hydrogen-bond donors (Lipinski definition) is 0. The molecule has 0 aromatic rings. The zero-order valence-corrected chi connectivity index (χ0v) is 6.38. The van der Waals surface area contributed by atoms with Crippen LogP contribution in [0.15, 0.2) is 0 Å². The zero-order chi connectivity index (χ0) is 6.41. The molecule has 0 amide bonds. The molecule has 0 rings (SSSR count). The van der Waals surface area contributed by atoms with Gasteiger partial charge in [0.25, 0.3) is 0 Å². The number of rotatable bonds is 4. The van der Waals surface area contributed by atoms with E-state index in [1.807, 2.05) is 0 Å². The Morgan fingerprint density at radius 2 is 2.25 bits per heavy atom. The van der Waals surface area contributed by atoms with Gasteiger partial charge in [-0.25, -0.2) is 4.21 Å². The molecule has 0 saturated carbocycles. The van der Waals surface area contributed by atoms with E-state index in [0.717, 1.165) is 12.0 Å². The van der Waals surface area contributed by atoms with E-state index in [9.17, 15) is 4.21 Å². The topological polar surface area (TPSA) is 35.5 Å². The van der Waals surface area contributed by atoms with Gasteiger partial charge >= 0.3 is 0 Å². The van der Waals surface area contributed by atoms with Crippen molar-refractivity contribution in [3.63, 3.8) is 0 Å². The molecular weight excluding hydrogens is 148 g/mol. The third-order valence-electron chi connectivity index (χ3n) is 0.448. The fourth-order valence-corrected chi connectivity index (χ4v) is 1.22. The van der Waals surface area contributed by atoms with Crippen LogP contribution in [0.2, 0.25) is 0 Å². The molecule has 0 spiro atoms. The molecule has 0 aromatic heterocycles. The van der Waals surface area contributed by atoms with E-state index in [2.05, 4.69) is 8.37 Å². The van der Waals surface area contributed by atoms with Crippen LogP contribution in [0.5, 0.6) is 0 Å². The van der Waals surface area contributed by atoms with Crippen LogP contribution in [-0.2, 0) is 19.4 Å². The molecule has 0 saturated heterocycles. The van der Waals surface area contributed by atoms with Gasteiger partial charge in [-0.3, -0.25) is 4.18 Å². The highest BCUT2D eigenvalue weighted by Crippen LogP contribution is 2.01. The number of hydrogen-bond acceptors (Lipinski definition) is 4. The maximum absolute atomic E-state index is 10.4. The smallest absolute Gasteiger partial charge is 0.167 e. The Balaban J connectivity index is 2.99. The minimum Gasteiger partial charge on any atom is -0.318 e. The molecule has 0 aliphatic rings. The highest BCUT2D eigenvalue weighted by atomic mass is 32.2. The molecule has 0 heterocycles. The Hall–Kier alpha value is 0.420. The van der Waals surface area contributed by atoms with Crippen LogP contribution in [0.4, 0.5) is 0 Å². The average Bonchev–Trinajstić information content (AvgIpc) is 1.83. The van der Waals surface area contributed by atoms with Crippen molar-refractivity contribution in [3.05, 3.63) is 0 Å². The summed E-state index contributed by atoms with van der Waals surface area (Å²) in [6, 6.07) is 0. The quantitative estimate of drug-likeness (QED) is 0.557. The average molecular weight is 156 g/mol. The maximum Gasteiger partial charge on any atom is 0.167 e. The van der Waals surface area contributed by atoms with E-state index >= 15 is 0 Å². The normalized spacial score (nSPS) is 13.8. The molecule has 1 atom stereocenters. The lowest BCUT2D eigenvalue weighted by Crippen LogP contribution is -1.94. The summed E-state index contributed by atoms with van der Waals surface area (Å²) in [5, 5.41) is 0.368. The Kier molecular flexibility index (Phi) is 5.85. The van der Waals surface area contributed by atoms with Gasteiger partial charge in [-0.1, -0.05) is 0 Å². The highest BCUT2D eigenvalue weighted by molar-refractivity contribution is 8.05. The molecule has 8 heavy (non-hydrogen) atoms. The molecule has 0 aromatic carbocycles. The maximum atomic E-state index is 10.4. The van der Waals surface area contributed by atoms with Crippen molar-refractivity contribution in [2.75, 3.05) is 19.3 Å². The summed E-state index contributed by atoms with van der Waals surface area (Å²) in [7, 11) is 2.92. The van der Waals surface area contributed by atoms with Gasteiger partial charge in [0.05, 0.1) is 14.2 Å². The molecule has 0 radical (unpaired) electrons. The van der Waals surface area contributed by atoms with E-state index in [1.54, 1.807) is 0 Å². The summed E-state index contributed by atoms with van der Waals surface area (Å²) in [5.41, 5.74) is 0. The summed E-state index contributed by atoms with van der Waals surface area (Å²) >= 11 is -0.0733. The van der Waals surface area contributed by atoms with Crippen molar-refractivity contribution in [1.29, 1.82) is 0 Å². The van der Waals surface area contributed by atoms with E-state index in [1.165, 1.54) is 14.2 Å². The summed E-state index contributed by atoms with van der Waals surface area (Å²) in [6.07, 6.45) is 0. The second-order valence-corrected chi connectivity index (χ2v) is 3.33. The molecule has 3 nitrogen and oxygen atoms in total. The van der Waals surface area contributed by atoms with Crippen LogP contribution < -0.4 is 0 Å². The first-order chi connectivity index (χ1) is 3.81. The van der Waals surface area contributed by atoms with Crippen molar-refractivity contribution in [1.82, 2.24) is 0 Å². The summed E-state index contributed by atoms with van der Waals surface area (Å²) < 4.78 is 19.3. The molecule has 0 bridgehead atoms. The van der Waals surface area contributed by atoms with Crippen molar-refractivity contribution in [2.45, 2.75) is 0 Å². The third-order valence-corrected chi connectivity index (χ3v) is 2.21. The first-order valence-corrected chi connectivity index (χ1v) is 4.05. The Morgan fingerprint density at radius 1 is 1.62 bits per heavy atom. The Labute approximate surface area is 55.6 Å². The largest absolute Gasteiger partial charge is 0.318 e. The van der Waals surface area contributed by atoms with Crippen molar-refractivity contribution in [2.24, 2.45) is 0 Å². The van der Waals surface area contributed by atoms with Gasteiger partial charge in [0.2, 0.25) is 0 Å². The van der Waals surface area contributed by atoms with Crippen molar-refractivity contribution >= 4 is 23.1 Å². The van der Waals surface area contributed by atoms with E-state index in [4.69, 9.17) is 0 Å². The first kappa shape index (κ1) is 8.42. The van der Waals surface area contributed by atoms with Gasteiger partial charge in [-0.05, 0) is 0 Å². The monoisotopic (exact) mass is 156 g/mol. The molecule has 5 heteroatoms. The molecule has 0 aliphatic carbocycles. The van der Waals surface area contributed by atoms with Crippen LogP contribution in [0.1, 0.15) is 0 Å². The van der Waals surface area contributed by atoms with Gasteiger partial charge in [0.15, 0.2) is 11.1 Å². The predicted octanol–water partition coefficient (Wildman–Crippen LogP) is 0.549. The minimum absolute atomic E-state index is 0.368. The van der Waals surface area contributed by atoms with Crippen LogP contribution in [0.3, 0.4) is 0 Å². The Morgan fingerprint density at radius 3 is 2.62 bits per heavy atom. The van der Waals surface area contributed by atoms with Crippen LogP contribution in [-0.4, -0.2) is 23.5 Å². The molecular formula is C3H8O3S2. The first-order valence-electron chi connectivity index (χ1n) is 1.89. The fourth-order valence-electron chi connectivity index (χ4n) is 0.136. The van der Waals surface area contributed by atoms with Crippen molar-refractivity contribution < 1.29 is 12.6 Å². The fraction of sp³-hybridized carbons (Fsp3) is 1.00. The van der Waals surface area contributed by atoms with Gasteiger partial charge < -0.3 is 4.18 Å². The Bertz CT molecular complexity index is 74.9. The summed E-state index contributed by atoms with van der Waals surface area (Å²) in [6.45, 7) is 0. The molecule has 0 fully saturated rings. The summed E-state index contributed by atoms with van der Waals surface area (Å²) in [5.74, 6) is 0. The van der Waals surface area contributed by atoms with Crippen LogP contribution in [0, 0.1) is 0 Å². The van der Waals surface area contributed by atoms with Crippen molar-refractivity contribution in [3.8, 4) is 0 Å². The van der Waals surface area contributed by atoms with E-state index in [-0.39, 0.29) is 0 Å². The van der Waals surface area contributed by atoms with Gasteiger partial charge in [-0.2, -0.15) is 0 Å². The van der Waals surface area contributed by atoms with Crippen LogP contribution >= 0.6 is 12.0 Å². The zero-order valence-electron chi connectivity index (χ0n) is 4.75. The predicted molar refractivity (Wildman–Crippen MR) is 34.6 cm³/mol. The van der Waals surface area contributed by atoms with Gasteiger partial charge in [0, 0.05) is 12.0 Å². The lowest BCUT2D eigenvalue weighted by molar-refractivity contribution is 0.447. The molecule has 1 unspecified atom stereocenters. The highest BCUT2D eigenvalue weighted by Gasteiger charge is 1.93. The third kappa shape index (κ3) is 4.58. The van der Waals surface area contributed by atoms with E-state index in [0.29, 0.717) is 5.08 Å². The summed E-state index contributed by atoms with van der Waals surface area (Å²) in [4.78, 5) is 0. The van der Waals surface area contributed by atoms with Gasteiger partial charge in [0.1, 0.15) is 5.08 Å². The lowest BCUT2D eigenvalue weighted by Gasteiger charge is -1.93. The van der Waals surface area contributed by atoms with Gasteiger partial charge in [-0.15, -0.1) is 0 Å². The molecule has 50 valence electrons. The van der Waals surface area contributed by atoms with E-state index < -0.39 is 11.1 Å². The second kappa shape index (κ2) is 5.55. The molecule has 0 N–H and O–H groups in total. The van der Waals surface area contributed by atoms with Crippen LogP contribution in [0.25, 0.3) is 0 Å². The SMILES string of the molecule is COSCS(=O)OC. The lowest BCUT2D eigenvalue weighted by atomic mass is 11.8. The standard InChI is InChI=1S/C3H8O3S2/c1-5-7-3-8(4)6-2/h3H2,1-2H3. The molecule has 0 aliphatic heterocycles.